The van der Waals surface area contributed by atoms with Crippen LogP contribution in [0.5, 0.6) is 0 Å². The molecule has 4 nitrogen and oxygen atoms in total. The molecule has 2 saturated heterocycles. The van der Waals surface area contributed by atoms with Gasteiger partial charge in [0.15, 0.2) is 0 Å². The molecule has 3 heterocycles. The van der Waals surface area contributed by atoms with Gasteiger partial charge in [0.1, 0.15) is 5.82 Å². The van der Waals surface area contributed by atoms with Gasteiger partial charge < -0.3 is 9.80 Å². The second kappa shape index (κ2) is 5.81. The first-order valence-corrected chi connectivity index (χ1v) is 7.78. The summed E-state index contributed by atoms with van der Waals surface area (Å²) in [7, 11) is 0. The highest BCUT2D eigenvalue weighted by atomic mass is 16.2. The number of hydrogen-bond donors (Lipinski definition) is 0. The number of anilines is 1. The van der Waals surface area contributed by atoms with E-state index >= 15 is 0 Å². The van der Waals surface area contributed by atoms with E-state index in [1.165, 1.54) is 19.3 Å². The number of amides is 1. The fourth-order valence-corrected chi connectivity index (χ4v) is 3.30. The van der Waals surface area contributed by atoms with Crippen molar-refractivity contribution in [2.45, 2.75) is 45.1 Å². The quantitative estimate of drug-likeness (QED) is 0.831. The Morgan fingerprint density at radius 1 is 1.20 bits per heavy atom. The van der Waals surface area contributed by atoms with Crippen LogP contribution < -0.4 is 4.90 Å². The van der Waals surface area contributed by atoms with Gasteiger partial charge in [-0.25, -0.2) is 4.98 Å². The summed E-state index contributed by atoms with van der Waals surface area (Å²) in [5.41, 5.74) is 0.781. The highest BCUT2D eigenvalue weighted by Crippen LogP contribution is 2.26. The number of piperidine rings is 1. The Hall–Kier alpha value is -1.58. The first-order chi connectivity index (χ1) is 9.77. The van der Waals surface area contributed by atoms with Crippen LogP contribution in [0.1, 0.15) is 49.4 Å². The molecule has 0 spiro atoms. The minimum Gasteiger partial charge on any atom is -0.356 e. The Bertz CT molecular complexity index is 482. The first kappa shape index (κ1) is 13.4. The number of nitrogens with zero attached hydrogens (tertiary/aromatic N) is 3. The minimum atomic E-state index is 0.159. The van der Waals surface area contributed by atoms with Gasteiger partial charge in [-0.1, -0.05) is 0 Å². The van der Waals surface area contributed by atoms with Crippen molar-refractivity contribution in [2.75, 3.05) is 24.5 Å². The Morgan fingerprint density at radius 3 is 2.70 bits per heavy atom. The van der Waals surface area contributed by atoms with Crippen LogP contribution in [0.2, 0.25) is 0 Å². The lowest BCUT2D eigenvalue weighted by Gasteiger charge is -2.34. The second-order valence-electron chi connectivity index (χ2n) is 5.91. The number of carbonyl (C=O) groups excluding carboxylic acids is 1. The summed E-state index contributed by atoms with van der Waals surface area (Å²) >= 11 is 0. The lowest BCUT2D eigenvalue weighted by atomic mass is 10.0. The van der Waals surface area contributed by atoms with Gasteiger partial charge in [-0.15, -0.1) is 0 Å². The van der Waals surface area contributed by atoms with Crippen molar-refractivity contribution in [1.29, 1.82) is 0 Å². The number of carbonyl (C=O) groups is 1. The van der Waals surface area contributed by atoms with E-state index in [9.17, 15) is 4.79 Å². The van der Waals surface area contributed by atoms with E-state index in [0.29, 0.717) is 6.04 Å². The first-order valence-electron chi connectivity index (χ1n) is 7.78. The molecule has 0 bridgehead atoms. The van der Waals surface area contributed by atoms with Crippen LogP contribution in [0.15, 0.2) is 18.3 Å². The zero-order valence-electron chi connectivity index (χ0n) is 12.2. The molecule has 1 unspecified atom stereocenters. The van der Waals surface area contributed by atoms with Gasteiger partial charge in [0, 0.05) is 31.9 Å². The molecule has 1 amide bonds. The van der Waals surface area contributed by atoms with Crippen molar-refractivity contribution in [1.82, 2.24) is 9.88 Å². The van der Waals surface area contributed by atoms with Crippen molar-refractivity contribution in [3.63, 3.8) is 0 Å². The molecule has 2 fully saturated rings. The highest BCUT2D eigenvalue weighted by molar-refractivity contribution is 5.99. The van der Waals surface area contributed by atoms with Gasteiger partial charge in [-0.3, -0.25) is 4.79 Å². The molecular formula is C16H23N3O. The topological polar surface area (TPSA) is 36.4 Å². The summed E-state index contributed by atoms with van der Waals surface area (Å²) in [5, 5.41) is 0. The predicted molar refractivity (Wildman–Crippen MR) is 80.0 cm³/mol. The maximum absolute atomic E-state index is 12.8. The Labute approximate surface area is 120 Å². The molecule has 0 N–H and O–H groups in total. The van der Waals surface area contributed by atoms with Crippen LogP contribution in [0.25, 0.3) is 0 Å². The molecule has 1 aromatic rings. The van der Waals surface area contributed by atoms with Crippen molar-refractivity contribution in [3.8, 4) is 0 Å². The summed E-state index contributed by atoms with van der Waals surface area (Å²) in [6.45, 7) is 5.08. The third-order valence-electron chi connectivity index (χ3n) is 4.49. The normalized spacial score (nSPS) is 23.1. The van der Waals surface area contributed by atoms with Gasteiger partial charge in [-0.2, -0.15) is 0 Å². The Balaban J connectivity index is 1.87. The lowest BCUT2D eigenvalue weighted by molar-refractivity contribution is 0.0636. The zero-order valence-corrected chi connectivity index (χ0v) is 12.2. The molecule has 3 rings (SSSR count). The number of likely N-dealkylation sites (tertiary alicyclic amines) is 1. The largest absolute Gasteiger partial charge is 0.356 e. The summed E-state index contributed by atoms with van der Waals surface area (Å²) in [4.78, 5) is 21.6. The van der Waals surface area contributed by atoms with Crippen LogP contribution in [0.4, 0.5) is 5.82 Å². The van der Waals surface area contributed by atoms with Gasteiger partial charge >= 0.3 is 0 Å². The van der Waals surface area contributed by atoms with Crippen molar-refractivity contribution in [2.24, 2.45) is 0 Å². The maximum Gasteiger partial charge on any atom is 0.257 e. The molecule has 0 aromatic carbocycles. The van der Waals surface area contributed by atoms with E-state index in [4.69, 9.17) is 0 Å². The molecule has 2 aliphatic rings. The van der Waals surface area contributed by atoms with Gasteiger partial charge in [0.25, 0.3) is 5.91 Å². The average molecular weight is 273 g/mol. The third-order valence-corrected chi connectivity index (χ3v) is 4.49. The van der Waals surface area contributed by atoms with E-state index < -0.39 is 0 Å². The van der Waals surface area contributed by atoms with E-state index in [-0.39, 0.29) is 5.91 Å². The summed E-state index contributed by atoms with van der Waals surface area (Å²) in [5.74, 6) is 1.04. The second-order valence-corrected chi connectivity index (χ2v) is 5.91. The highest BCUT2D eigenvalue weighted by Gasteiger charge is 2.28. The van der Waals surface area contributed by atoms with Gasteiger partial charge in [-0.05, 0) is 51.2 Å². The molecule has 1 aromatic heterocycles. The fourth-order valence-electron chi connectivity index (χ4n) is 3.30. The van der Waals surface area contributed by atoms with Crippen LogP contribution >= 0.6 is 0 Å². The summed E-state index contributed by atoms with van der Waals surface area (Å²) in [6, 6.07) is 4.16. The Kier molecular flexibility index (Phi) is 3.90. The van der Waals surface area contributed by atoms with E-state index in [2.05, 4.69) is 16.8 Å². The van der Waals surface area contributed by atoms with Crippen LogP contribution in [-0.2, 0) is 0 Å². The molecule has 1 atom stereocenters. The number of hydrogen-bond acceptors (Lipinski definition) is 3. The number of rotatable bonds is 2. The SMILES string of the molecule is CC1CCCCN1C(=O)c1cccnc1N1CCCC1. The fraction of sp³-hybridized carbons (Fsp3) is 0.625. The Morgan fingerprint density at radius 2 is 1.95 bits per heavy atom. The molecule has 108 valence electrons. The molecule has 0 saturated carbocycles. The molecule has 20 heavy (non-hydrogen) atoms. The number of pyridine rings is 1. The van der Waals surface area contributed by atoms with E-state index in [0.717, 1.165) is 43.9 Å². The maximum atomic E-state index is 12.8. The van der Waals surface area contributed by atoms with Crippen molar-refractivity contribution in [3.05, 3.63) is 23.9 Å². The van der Waals surface area contributed by atoms with Crippen molar-refractivity contribution >= 4 is 11.7 Å². The zero-order chi connectivity index (χ0) is 13.9. The third kappa shape index (κ3) is 2.51. The van der Waals surface area contributed by atoms with E-state index in [1.54, 1.807) is 6.20 Å². The van der Waals surface area contributed by atoms with Crippen LogP contribution in [0.3, 0.4) is 0 Å². The number of aromatic nitrogens is 1. The van der Waals surface area contributed by atoms with Crippen molar-refractivity contribution < 1.29 is 4.79 Å². The standard InChI is InChI=1S/C16H23N3O/c1-13-7-2-3-12-19(13)16(20)14-8-6-9-17-15(14)18-10-4-5-11-18/h6,8-9,13H,2-5,7,10-12H2,1H3. The molecule has 0 radical (unpaired) electrons. The summed E-state index contributed by atoms with van der Waals surface area (Å²) in [6.07, 6.45) is 7.66. The molecule has 2 aliphatic heterocycles. The predicted octanol–water partition coefficient (Wildman–Crippen LogP) is 2.70. The minimum absolute atomic E-state index is 0.159. The van der Waals surface area contributed by atoms with Crippen LogP contribution in [-0.4, -0.2) is 41.5 Å². The monoisotopic (exact) mass is 273 g/mol. The molecule has 0 aliphatic carbocycles. The van der Waals surface area contributed by atoms with Gasteiger partial charge in [0.05, 0.1) is 5.56 Å². The smallest absolute Gasteiger partial charge is 0.257 e. The van der Waals surface area contributed by atoms with Crippen LogP contribution in [0, 0.1) is 0 Å². The summed E-state index contributed by atoms with van der Waals surface area (Å²) < 4.78 is 0. The lowest BCUT2D eigenvalue weighted by Crippen LogP contribution is -2.42. The molecular weight excluding hydrogens is 250 g/mol. The average Bonchev–Trinajstić information content (AvgIpc) is 3.01. The molecule has 4 heteroatoms. The van der Waals surface area contributed by atoms with Gasteiger partial charge in [0.2, 0.25) is 0 Å². The van der Waals surface area contributed by atoms with E-state index in [1.807, 2.05) is 17.0 Å².